The van der Waals surface area contributed by atoms with Gasteiger partial charge in [0.05, 0.1) is 5.69 Å². The molecule has 0 unspecified atom stereocenters. The molecule has 2 aliphatic rings. The van der Waals surface area contributed by atoms with Crippen LogP contribution in [0.1, 0.15) is 30.1 Å². The molecule has 1 aliphatic heterocycles. The molecule has 1 N–H and O–H groups in total. The Balaban J connectivity index is 1.68. The lowest BCUT2D eigenvalue weighted by Gasteiger charge is -2.30. The zero-order valence-corrected chi connectivity index (χ0v) is 12.4. The van der Waals surface area contributed by atoms with E-state index in [0.29, 0.717) is 11.9 Å². The van der Waals surface area contributed by atoms with Gasteiger partial charge in [0.1, 0.15) is 5.82 Å². The average molecular weight is 279 g/mol. The Labute approximate surface area is 118 Å². The normalized spacial score (nSPS) is 26.2. The summed E-state index contributed by atoms with van der Waals surface area (Å²) in [6.45, 7) is 1.98. The number of aryl methyl sites for hydroxylation is 2. The summed E-state index contributed by atoms with van der Waals surface area (Å²) in [5, 5.41) is 0. The van der Waals surface area contributed by atoms with Crippen LogP contribution in [-0.2, 0) is 17.6 Å². The lowest BCUT2D eigenvalue weighted by molar-refractivity contribution is -0.136. The van der Waals surface area contributed by atoms with E-state index in [2.05, 4.69) is 9.97 Å². The minimum absolute atomic E-state index is 0.142. The molecule has 1 amide bonds. The summed E-state index contributed by atoms with van der Waals surface area (Å²) >= 11 is 1.96. The lowest BCUT2D eigenvalue weighted by Crippen LogP contribution is -2.42. The number of rotatable bonds is 2. The molecule has 0 aromatic carbocycles. The number of carbonyl (C=O) groups is 1. The summed E-state index contributed by atoms with van der Waals surface area (Å²) in [7, 11) is 1.98. The Morgan fingerprint density at radius 2 is 2.32 bits per heavy atom. The Hall–Kier alpha value is -0.970. The molecule has 19 heavy (non-hydrogen) atoms. The number of nitrogens with zero attached hydrogens (tertiary/aromatic N) is 2. The van der Waals surface area contributed by atoms with Crippen molar-refractivity contribution < 1.29 is 4.79 Å². The number of amides is 1. The maximum Gasteiger partial charge on any atom is 0.226 e. The molecule has 1 aromatic heterocycles. The van der Waals surface area contributed by atoms with Crippen molar-refractivity contribution in [3.05, 3.63) is 17.2 Å². The van der Waals surface area contributed by atoms with Crippen LogP contribution in [0.3, 0.4) is 0 Å². The molecule has 1 fully saturated rings. The Kier molecular flexibility index (Phi) is 3.56. The maximum atomic E-state index is 12.6. The van der Waals surface area contributed by atoms with Crippen molar-refractivity contribution >= 4 is 17.7 Å². The lowest BCUT2D eigenvalue weighted by atomic mass is 9.88. The highest BCUT2D eigenvalue weighted by atomic mass is 32.2. The molecule has 0 saturated carbocycles. The van der Waals surface area contributed by atoms with Gasteiger partial charge < -0.3 is 9.88 Å². The highest BCUT2D eigenvalue weighted by Gasteiger charge is 2.32. The molecule has 1 saturated heterocycles. The van der Waals surface area contributed by atoms with Crippen molar-refractivity contribution in [2.24, 2.45) is 5.92 Å². The van der Waals surface area contributed by atoms with E-state index in [1.807, 2.05) is 30.6 Å². The molecule has 104 valence electrons. The predicted molar refractivity (Wildman–Crippen MR) is 77.3 cm³/mol. The molecule has 2 atom stereocenters. The zero-order chi connectivity index (χ0) is 13.4. The van der Waals surface area contributed by atoms with Crippen molar-refractivity contribution in [1.29, 1.82) is 0 Å². The summed E-state index contributed by atoms with van der Waals surface area (Å²) in [4.78, 5) is 22.4. The second kappa shape index (κ2) is 5.19. The number of H-pyrrole nitrogens is 1. The number of nitrogens with one attached hydrogen (secondary N) is 1. The molecular formula is C14H21N3OS. The van der Waals surface area contributed by atoms with Crippen molar-refractivity contribution in [1.82, 2.24) is 14.9 Å². The van der Waals surface area contributed by atoms with Gasteiger partial charge in [-0.25, -0.2) is 4.98 Å². The SMILES string of the molecule is Cc1nc2c([nH]1)C[C@H](C(=O)N(C)[C@@H]1CCSC1)CC2. The minimum Gasteiger partial charge on any atom is -0.346 e. The maximum absolute atomic E-state index is 12.6. The first-order chi connectivity index (χ1) is 9.15. The first-order valence-corrected chi connectivity index (χ1v) is 8.19. The van der Waals surface area contributed by atoms with Crippen LogP contribution in [0.4, 0.5) is 0 Å². The molecule has 1 aromatic rings. The summed E-state index contributed by atoms with van der Waals surface area (Å²) < 4.78 is 0. The van der Waals surface area contributed by atoms with Gasteiger partial charge in [0.25, 0.3) is 0 Å². The predicted octanol–water partition coefficient (Wildman–Crippen LogP) is 1.79. The van der Waals surface area contributed by atoms with Gasteiger partial charge in [-0.15, -0.1) is 0 Å². The summed E-state index contributed by atoms with van der Waals surface area (Å²) in [5.41, 5.74) is 2.34. The fourth-order valence-corrected chi connectivity index (χ4v) is 4.40. The smallest absolute Gasteiger partial charge is 0.226 e. The van der Waals surface area contributed by atoms with Gasteiger partial charge in [-0.2, -0.15) is 11.8 Å². The highest BCUT2D eigenvalue weighted by Crippen LogP contribution is 2.28. The van der Waals surface area contributed by atoms with Gasteiger partial charge in [0, 0.05) is 36.9 Å². The largest absolute Gasteiger partial charge is 0.346 e. The molecule has 0 bridgehead atoms. The molecule has 5 heteroatoms. The monoisotopic (exact) mass is 279 g/mol. The van der Waals surface area contributed by atoms with Gasteiger partial charge in [-0.3, -0.25) is 4.79 Å². The third-order valence-corrected chi connectivity index (χ3v) is 5.46. The Bertz CT molecular complexity index is 479. The van der Waals surface area contributed by atoms with Crippen LogP contribution >= 0.6 is 11.8 Å². The van der Waals surface area contributed by atoms with Crippen LogP contribution in [0.15, 0.2) is 0 Å². The number of aromatic amines is 1. The van der Waals surface area contributed by atoms with Crippen LogP contribution in [0.5, 0.6) is 0 Å². The topological polar surface area (TPSA) is 49.0 Å². The first kappa shape index (κ1) is 13.0. The Morgan fingerprint density at radius 3 is 3.05 bits per heavy atom. The van der Waals surface area contributed by atoms with Crippen LogP contribution < -0.4 is 0 Å². The molecule has 0 radical (unpaired) electrons. The van der Waals surface area contributed by atoms with Gasteiger partial charge in [0.15, 0.2) is 0 Å². The van der Waals surface area contributed by atoms with Crippen molar-refractivity contribution in [3.8, 4) is 0 Å². The number of carbonyl (C=O) groups excluding carboxylic acids is 1. The van der Waals surface area contributed by atoms with E-state index in [4.69, 9.17) is 0 Å². The molecule has 3 rings (SSSR count). The van der Waals surface area contributed by atoms with E-state index in [0.717, 1.165) is 37.3 Å². The average Bonchev–Trinajstić information content (AvgIpc) is 3.03. The number of thioether (sulfide) groups is 1. The van der Waals surface area contributed by atoms with E-state index in [1.165, 1.54) is 17.1 Å². The second-order valence-corrected chi connectivity index (χ2v) is 6.80. The van der Waals surface area contributed by atoms with Gasteiger partial charge in [-0.05, 0) is 31.9 Å². The van der Waals surface area contributed by atoms with Crippen LogP contribution in [0.2, 0.25) is 0 Å². The summed E-state index contributed by atoms with van der Waals surface area (Å²) in [6.07, 6.45) is 3.86. The summed E-state index contributed by atoms with van der Waals surface area (Å²) in [6, 6.07) is 0.447. The third kappa shape index (κ3) is 2.53. The molecule has 2 heterocycles. The van der Waals surface area contributed by atoms with E-state index >= 15 is 0 Å². The van der Waals surface area contributed by atoms with Crippen LogP contribution in [0.25, 0.3) is 0 Å². The van der Waals surface area contributed by atoms with Crippen molar-refractivity contribution in [2.45, 2.75) is 38.6 Å². The quantitative estimate of drug-likeness (QED) is 0.898. The van der Waals surface area contributed by atoms with E-state index in [1.54, 1.807) is 0 Å². The standard InChI is InChI=1S/C14H21N3OS/c1-9-15-12-4-3-10(7-13(12)16-9)14(18)17(2)11-5-6-19-8-11/h10-11H,3-8H2,1-2H3,(H,15,16)/t10-,11-/m1/s1. The fourth-order valence-electron chi connectivity index (χ4n) is 3.13. The molecule has 1 aliphatic carbocycles. The zero-order valence-electron chi connectivity index (χ0n) is 11.6. The number of fused-ring (bicyclic) bond motifs is 1. The van der Waals surface area contributed by atoms with Crippen molar-refractivity contribution in [2.75, 3.05) is 18.6 Å². The molecule has 4 nitrogen and oxygen atoms in total. The van der Waals surface area contributed by atoms with E-state index in [9.17, 15) is 4.79 Å². The fraction of sp³-hybridized carbons (Fsp3) is 0.714. The van der Waals surface area contributed by atoms with Crippen LogP contribution in [-0.4, -0.2) is 45.4 Å². The second-order valence-electron chi connectivity index (χ2n) is 5.65. The highest BCUT2D eigenvalue weighted by molar-refractivity contribution is 7.99. The van der Waals surface area contributed by atoms with Crippen LogP contribution in [0, 0.1) is 12.8 Å². The number of hydrogen-bond donors (Lipinski definition) is 1. The van der Waals surface area contributed by atoms with Gasteiger partial charge in [0.2, 0.25) is 5.91 Å². The molecular weight excluding hydrogens is 258 g/mol. The number of aromatic nitrogens is 2. The Morgan fingerprint density at radius 1 is 1.47 bits per heavy atom. The summed E-state index contributed by atoms with van der Waals surface area (Å²) in [5.74, 6) is 3.73. The van der Waals surface area contributed by atoms with Gasteiger partial charge >= 0.3 is 0 Å². The van der Waals surface area contributed by atoms with E-state index < -0.39 is 0 Å². The van der Waals surface area contributed by atoms with Gasteiger partial charge in [-0.1, -0.05) is 0 Å². The number of hydrogen-bond acceptors (Lipinski definition) is 3. The van der Waals surface area contributed by atoms with Crippen molar-refractivity contribution in [3.63, 3.8) is 0 Å². The number of imidazole rings is 1. The third-order valence-electron chi connectivity index (χ3n) is 4.31. The first-order valence-electron chi connectivity index (χ1n) is 7.04. The van der Waals surface area contributed by atoms with E-state index in [-0.39, 0.29) is 5.92 Å². The molecule has 0 spiro atoms. The minimum atomic E-state index is 0.142.